The average molecular weight is 465 g/mol. The second-order valence-electron chi connectivity index (χ2n) is 11.5. The lowest BCUT2D eigenvalue weighted by molar-refractivity contribution is 0.202. The van der Waals surface area contributed by atoms with Gasteiger partial charge in [-0.05, 0) is 36.5 Å². The van der Waals surface area contributed by atoms with Crippen molar-refractivity contribution >= 4 is 0 Å². The van der Waals surface area contributed by atoms with E-state index in [4.69, 9.17) is 0 Å². The van der Waals surface area contributed by atoms with E-state index in [1.54, 1.807) is 0 Å². The summed E-state index contributed by atoms with van der Waals surface area (Å²) in [6.07, 6.45) is 33.4. The Morgan fingerprint density at radius 1 is 0.273 bits per heavy atom. The molecule has 0 heterocycles. The van der Waals surface area contributed by atoms with Crippen LogP contribution < -0.4 is 0 Å². The molecular weight excluding hydrogens is 396 g/mol. The predicted octanol–water partition coefficient (Wildman–Crippen LogP) is 12.5. The standard InChI is InChI=1S/C33H68/c1-7-13-16-18-20-22-25-30(11-5)33(26-21-15-9-3)29-28-31(12-6)32(24-10-4)27-23-19-17-14-8-2/h30-33H,7-29H2,1-6H3. The first-order valence-corrected chi connectivity index (χ1v) is 16.2. The fraction of sp³-hybridized carbons (Fsp3) is 1.00. The molecular formula is C33H68. The Bertz CT molecular complexity index is 359. The third kappa shape index (κ3) is 18.0. The molecule has 0 N–H and O–H groups in total. The first-order chi connectivity index (χ1) is 16.2. The van der Waals surface area contributed by atoms with Crippen LogP contribution in [-0.4, -0.2) is 0 Å². The largest absolute Gasteiger partial charge is 0.0654 e. The molecule has 0 aliphatic rings. The fourth-order valence-electron chi connectivity index (χ4n) is 6.43. The van der Waals surface area contributed by atoms with Gasteiger partial charge in [0, 0.05) is 0 Å². The van der Waals surface area contributed by atoms with E-state index in [9.17, 15) is 0 Å². The summed E-state index contributed by atoms with van der Waals surface area (Å²) >= 11 is 0. The van der Waals surface area contributed by atoms with E-state index in [0.29, 0.717) is 0 Å². The van der Waals surface area contributed by atoms with Gasteiger partial charge in [0.1, 0.15) is 0 Å². The van der Waals surface area contributed by atoms with Gasteiger partial charge in [-0.15, -0.1) is 0 Å². The molecule has 0 nitrogen and oxygen atoms in total. The molecule has 0 aromatic carbocycles. The van der Waals surface area contributed by atoms with Gasteiger partial charge in [0.2, 0.25) is 0 Å². The van der Waals surface area contributed by atoms with Gasteiger partial charge in [0.05, 0.1) is 0 Å². The summed E-state index contributed by atoms with van der Waals surface area (Å²) in [6.45, 7) is 14.4. The molecule has 0 aliphatic carbocycles. The topological polar surface area (TPSA) is 0 Å². The Labute approximate surface area is 212 Å². The van der Waals surface area contributed by atoms with Gasteiger partial charge in [0.25, 0.3) is 0 Å². The van der Waals surface area contributed by atoms with Crippen LogP contribution in [0.3, 0.4) is 0 Å². The maximum atomic E-state index is 2.49. The quantitative estimate of drug-likeness (QED) is 0.112. The molecule has 0 aliphatic heterocycles. The van der Waals surface area contributed by atoms with Gasteiger partial charge >= 0.3 is 0 Å². The van der Waals surface area contributed by atoms with Crippen LogP contribution in [0.1, 0.15) is 189 Å². The summed E-state index contributed by atoms with van der Waals surface area (Å²) in [6, 6.07) is 0. The summed E-state index contributed by atoms with van der Waals surface area (Å²) in [5.74, 6) is 3.97. The molecule has 4 atom stereocenters. The normalized spacial score (nSPS) is 15.5. The summed E-state index contributed by atoms with van der Waals surface area (Å²) in [4.78, 5) is 0. The minimum Gasteiger partial charge on any atom is -0.0654 e. The predicted molar refractivity (Wildman–Crippen MR) is 154 cm³/mol. The highest BCUT2D eigenvalue weighted by molar-refractivity contribution is 4.75. The van der Waals surface area contributed by atoms with Crippen molar-refractivity contribution in [2.75, 3.05) is 0 Å². The van der Waals surface area contributed by atoms with Crippen LogP contribution in [0, 0.1) is 23.7 Å². The van der Waals surface area contributed by atoms with E-state index in [-0.39, 0.29) is 0 Å². The first kappa shape index (κ1) is 33.0. The number of unbranched alkanes of at least 4 members (excludes halogenated alkanes) is 11. The molecule has 0 fully saturated rings. The molecule has 4 unspecified atom stereocenters. The van der Waals surface area contributed by atoms with Crippen LogP contribution >= 0.6 is 0 Å². The smallest absolute Gasteiger partial charge is 0.0386 e. The highest BCUT2D eigenvalue weighted by Gasteiger charge is 2.24. The zero-order valence-corrected chi connectivity index (χ0v) is 24.6. The molecule has 0 saturated heterocycles. The molecule has 0 aromatic heterocycles. The molecule has 0 spiro atoms. The van der Waals surface area contributed by atoms with E-state index in [1.165, 1.54) is 148 Å². The SMILES string of the molecule is CCCCCCCCC(CC)C(CCCCC)CCC(CC)C(CCC)CCCCCCC. The van der Waals surface area contributed by atoms with Crippen molar-refractivity contribution in [2.45, 2.75) is 189 Å². The van der Waals surface area contributed by atoms with Crippen molar-refractivity contribution in [3.63, 3.8) is 0 Å². The Kier molecular flexibility index (Phi) is 25.1. The second kappa shape index (κ2) is 25.1. The van der Waals surface area contributed by atoms with Crippen LogP contribution in [0.15, 0.2) is 0 Å². The van der Waals surface area contributed by atoms with Gasteiger partial charge in [0.15, 0.2) is 0 Å². The van der Waals surface area contributed by atoms with Crippen LogP contribution in [0.2, 0.25) is 0 Å². The monoisotopic (exact) mass is 465 g/mol. The maximum Gasteiger partial charge on any atom is -0.0386 e. The van der Waals surface area contributed by atoms with E-state index in [2.05, 4.69) is 41.5 Å². The lowest BCUT2D eigenvalue weighted by Crippen LogP contribution is -2.20. The average Bonchev–Trinajstić information content (AvgIpc) is 2.83. The molecule has 0 heteroatoms. The Balaban J connectivity index is 4.78. The van der Waals surface area contributed by atoms with Crippen molar-refractivity contribution in [1.29, 1.82) is 0 Å². The van der Waals surface area contributed by atoms with Gasteiger partial charge in [-0.25, -0.2) is 0 Å². The van der Waals surface area contributed by atoms with Crippen molar-refractivity contribution < 1.29 is 0 Å². The zero-order valence-electron chi connectivity index (χ0n) is 24.6. The number of rotatable bonds is 26. The molecule has 0 radical (unpaired) electrons. The minimum atomic E-state index is 0.983. The third-order valence-corrected chi connectivity index (χ3v) is 8.74. The van der Waals surface area contributed by atoms with Crippen LogP contribution in [-0.2, 0) is 0 Å². The molecule has 200 valence electrons. The summed E-state index contributed by atoms with van der Waals surface area (Å²) in [5.41, 5.74) is 0. The number of hydrogen-bond acceptors (Lipinski definition) is 0. The molecule has 33 heavy (non-hydrogen) atoms. The van der Waals surface area contributed by atoms with Crippen molar-refractivity contribution in [3.05, 3.63) is 0 Å². The van der Waals surface area contributed by atoms with E-state index in [0.717, 1.165) is 23.7 Å². The van der Waals surface area contributed by atoms with E-state index in [1.807, 2.05) is 0 Å². The van der Waals surface area contributed by atoms with E-state index < -0.39 is 0 Å². The Morgan fingerprint density at radius 3 is 1.09 bits per heavy atom. The van der Waals surface area contributed by atoms with Gasteiger partial charge in [-0.3, -0.25) is 0 Å². The van der Waals surface area contributed by atoms with Crippen LogP contribution in [0.25, 0.3) is 0 Å². The second-order valence-corrected chi connectivity index (χ2v) is 11.5. The van der Waals surface area contributed by atoms with Crippen LogP contribution in [0.5, 0.6) is 0 Å². The Hall–Kier alpha value is 0. The van der Waals surface area contributed by atoms with Crippen molar-refractivity contribution in [2.24, 2.45) is 23.7 Å². The molecule has 0 rings (SSSR count). The molecule has 0 saturated carbocycles. The third-order valence-electron chi connectivity index (χ3n) is 8.74. The van der Waals surface area contributed by atoms with Crippen LogP contribution in [0.4, 0.5) is 0 Å². The Morgan fingerprint density at radius 2 is 0.606 bits per heavy atom. The summed E-state index contributed by atoms with van der Waals surface area (Å²) in [5, 5.41) is 0. The summed E-state index contributed by atoms with van der Waals surface area (Å²) < 4.78 is 0. The highest BCUT2D eigenvalue weighted by Crippen LogP contribution is 2.36. The van der Waals surface area contributed by atoms with Gasteiger partial charge < -0.3 is 0 Å². The first-order valence-electron chi connectivity index (χ1n) is 16.2. The molecule has 0 aromatic rings. The van der Waals surface area contributed by atoms with Crippen molar-refractivity contribution in [3.8, 4) is 0 Å². The lowest BCUT2D eigenvalue weighted by Gasteiger charge is -2.31. The molecule has 0 amide bonds. The minimum absolute atomic E-state index is 0.983. The maximum absolute atomic E-state index is 2.49. The molecule has 0 bridgehead atoms. The van der Waals surface area contributed by atoms with Crippen molar-refractivity contribution in [1.82, 2.24) is 0 Å². The number of hydrogen-bond donors (Lipinski definition) is 0. The summed E-state index contributed by atoms with van der Waals surface area (Å²) in [7, 11) is 0. The fourth-order valence-corrected chi connectivity index (χ4v) is 6.43. The highest BCUT2D eigenvalue weighted by atomic mass is 14.3. The lowest BCUT2D eigenvalue weighted by atomic mass is 9.74. The van der Waals surface area contributed by atoms with E-state index >= 15 is 0 Å². The zero-order chi connectivity index (χ0) is 24.6. The van der Waals surface area contributed by atoms with Gasteiger partial charge in [-0.2, -0.15) is 0 Å². The van der Waals surface area contributed by atoms with Gasteiger partial charge in [-0.1, -0.05) is 176 Å².